The van der Waals surface area contributed by atoms with Gasteiger partial charge in [-0.25, -0.2) is 4.98 Å². The topological polar surface area (TPSA) is 87.6 Å². The standard InChI is InChI=1S/C14H11N5OS2/c1-19-8-16-18-14(19)21-7-11(20)9(6-15)13-17-10-4-2-3-5-12(10)22-13/h2-5,8,20H,7H2,1H3/b11-9-. The van der Waals surface area contributed by atoms with Crippen molar-refractivity contribution in [1.29, 1.82) is 5.26 Å². The third-order valence-corrected chi connectivity index (χ3v) is 5.02. The van der Waals surface area contributed by atoms with Crippen LogP contribution in [0.4, 0.5) is 0 Å². The van der Waals surface area contributed by atoms with Crippen LogP contribution in [0.2, 0.25) is 0 Å². The lowest BCUT2D eigenvalue weighted by atomic mass is 10.2. The summed E-state index contributed by atoms with van der Waals surface area (Å²) in [4.78, 5) is 4.40. The summed E-state index contributed by atoms with van der Waals surface area (Å²) in [5.74, 6) is 0.236. The highest BCUT2D eigenvalue weighted by Gasteiger charge is 2.14. The molecule has 0 bridgehead atoms. The van der Waals surface area contributed by atoms with Crippen molar-refractivity contribution in [3.63, 3.8) is 0 Å². The minimum absolute atomic E-state index is 0.00504. The van der Waals surface area contributed by atoms with E-state index in [0.717, 1.165) is 10.2 Å². The second-order valence-corrected chi connectivity index (χ2v) is 6.41. The first-order chi connectivity index (χ1) is 10.7. The van der Waals surface area contributed by atoms with Crippen LogP contribution in [0.3, 0.4) is 0 Å². The fourth-order valence-electron chi connectivity index (χ4n) is 1.82. The van der Waals surface area contributed by atoms with E-state index < -0.39 is 0 Å². The van der Waals surface area contributed by atoms with Crippen LogP contribution >= 0.6 is 23.1 Å². The van der Waals surface area contributed by atoms with Gasteiger partial charge in [-0.05, 0) is 12.1 Å². The number of hydrogen-bond acceptors (Lipinski definition) is 7. The normalized spacial score (nSPS) is 12.2. The van der Waals surface area contributed by atoms with Crippen molar-refractivity contribution in [3.05, 3.63) is 41.4 Å². The molecule has 0 spiro atoms. The van der Waals surface area contributed by atoms with Gasteiger partial charge >= 0.3 is 0 Å². The Kier molecular flexibility index (Phi) is 4.09. The van der Waals surface area contributed by atoms with Gasteiger partial charge in [0.1, 0.15) is 28.7 Å². The maximum atomic E-state index is 10.2. The monoisotopic (exact) mass is 329 g/mol. The number of aliphatic hydroxyl groups is 1. The Morgan fingerprint density at radius 1 is 1.45 bits per heavy atom. The van der Waals surface area contributed by atoms with E-state index in [1.807, 2.05) is 37.4 Å². The van der Waals surface area contributed by atoms with Gasteiger partial charge in [-0.2, -0.15) is 5.26 Å². The minimum atomic E-state index is -0.00504. The number of rotatable bonds is 4. The zero-order chi connectivity index (χ0) is 15.5. The average molecular weight is 329 g/mol. The largest absolute Gasteiger partial charge is 0.510 e. The molecule has 3 rings (SSSR count). The van der Waals surface area contributed by atoms with Crippen molar-refractivity contribution in [2.45, 2.75) is 5.16 Å². The third kappa shape index (κ3) is 2.81. The van der Waals surface area contributed by atoms with Gasteiger partial charge in [0.15, 0.2) is 5.16 Å². The van der Waals surface area contributed by atoms with Gasteiger partial charge in [-0.3, -0.25) is 0 Å². The number of aliphatic hydroxyl groups excluding tert-OH is 1. The van der Waals surface area contributed by atoms with Crippen LogP contribution in [0.25, 0.3) is 15.8 Å². The van der Waals surface area contributed by atoms with Gasteiger partial charge in [0.2, 0.25) is 0 Å². The van der Waals surface area contributed by atoms with Gasteiger partial charge in [-0.1, -0.05) is 23.9 Å². The van der Waals surface area contributed by atoms with Crippen molar-refractivity contribution < 1.29 is 5.11 Å². The molecule has 0 atom stereocenters. The zero-order valence-corrected chi connectivity index (χ0v) is 13.2. The van der Waals surface area contributed by atoms with Crippen LogP contribution in [0, 0.1) is 11.3 Å². The number of fused-ring (bicyclic) bond motifs is 1. The summed E-state index contributed by atoms with van der Waals surface area (Å²) in [6.07, 6.45) is 1.59. The number of para-hydroxylation sites is 1. The Labute approximate surface area is 134 Å². The van der Waals surface area contributed by atoms with Crippen LogP contribution in [0.1, 0.15) is 5.01 Å². The van der Waals surface area contributed by atoms with Gasteiger partial charge in [-0.15, -0.1) is 21.5 Å². The van der Waals surface area contributed by atoms with E-state index >= 15 is 0 Å². The molecule has 0 fully saturated rings. The Morgan fingerprint density at radius 3 is 2.95 bits per heavy atom. The predicted octanol–water partition coefficient (Wildman–Crippen LogP) is 3.01. The summed E-state index contributed by atoms with van der Waals surface area (Å²) in [6, 6.07) is 9.69. The molecule has 1 aromatic carbocycles. The molecule has 0 aliphatic carbocycles. The molecule has 0 amide bonds. The zero-order valence-electron chi connectivity index (χ0n) is 11.6. The number of aromatic nitrogens is 4. The molecule has 0 unspecified atom stereocenters. The summed E-state index contributed by atoms with van der Waals surface area (Å²) in [6.45, 7) is 0. The lowest BCUT2D eigenvalue weighted by Gasteiger charge is -2.02. The van der Waals surface area contributed by atoms with Crippen LogP contribution in [-0.2, 0) is 7.05 Å². The fraction of sp³-hybridized carbons (Fsp3) is 0.143. The van der Waals surface area contributed by atoms with Crippen LogP contribution in [0.5, 0.6) is 0 Å². The van der Waals surface area contributed by atoms with E-state index in [1.165, 1.54) is 23.1 Å². The van der Waals surface area contributed by atoms with E-state index in [-0.39, 0.29) is 17.1 Å². The highest BCUT2D eigenvalue weighted by molar-refractivity contribution is 7.99. The van der Waals surface area contributed by atoms with Crippen LogP contribution in [0.15, 0.2) is 41.5 Å². The van der Waals surface area contributed by atoms with E-state index in [9.17, 15) is 10.4 Å². The lowest BCUT2D eigenvalue weighted by molar-refractivity contribution is 0.420. The molecule has 0 aliphatic rings. The molecule has 110 valence electrons. The number of allylic oxidation sites excluding steroid dienone is 1. The summed E-state index contributed by atoms with van der Waals surface area (Å²) in [5.41, 5.74) is 1.03. The number of thiazole rings is 1. The van der Waals surface area contributed by atoms with Crippen molar-refractivity contribution in [2.24, 2.45) is 7.05 Å². The molecule has 2 heterocycles. The van der Waals surface area contributed by atoms with Crippen molar-refractivity contribution >= 4 is 38.9 Å². The number of aryl methyl sites for hydroxylation is 1. The number of benzene rings is 1. The molecule has 2 aromatic heterocycles. The number of nitrogens with zero attached hydrogens (tertiary/aromatic N) is 5. The molecule has 0 saturated heterocycles. The Morgan fingerprint density at radius 2 is 2.27 bits per heavy atom. The SMILES string of the molecule is Cn1cnnc1SC/C(O)=C(\C#N)c1nc2ccccc2s1. The predicted molar refractivity (Wildman–Crippen MR) is 86.5 cm³/mol. The van der Waals surface area contributed by atoms with Gasteiger partial charge in [0.05, 0.1) is 16.0 Å². The number of nitriles is 1. The first-order valence-electron chi connectivity index (χ1n) is 6.34. The molecule has 6 nitrogen and oxygen atoms in total. The second-order valence-electron chi connectivity index (χ2n) is 4.43. The van der Waals surface area contributed by atoms with Gasteiger partial charge < -0.3 is 9.67 Å². The highest BCUT2D eigenvalue weighted by atomic mass is 32.2. The smallest absolute Gasteiger partial charge is 0.191 e. The Bertz CT molecular complexity index is 857. The molecule has 1 N–H and O–H groups in total. The summed E-state index contributed by atoms with van der Waals surface area (Å²) in [7, 11) is 1.82. The second kappa shape index (κ2) is 6.17. The van der Waals surface area contributed by atoms with Crippen LogP contribution in [-0.4, -0.2) is 30.6 Å². The first kappa shape index (κ1) is 14.6. The van der Waals surface area contributed by atoms with Crippen molar-refractivity contribution in [1.82, 2.24) is 19.7 Å². The average Bonchev–Trinajstić information content (AvgIpc) is 3.11. The fourth-order valence-corrected chi connectivity index (χ4v) is 3.57. The maximum absolute atomic E-state index is 10.2. The Hall–Kier alpha value is -2.37. The Balaban J connectivity index is 1.88. The van der Waals surface area contributed by atoms with E-state index in [4.69, 9.17) is 0 Å². The van der Waals surface area contributed by atoms with Gasteiger partial charge in [0, 0.05) is 7.05 Å². The molecule has 3 aromatic rings. The van der Waals surface area contributed by atoms with E-state index in [1.54, 1.807) is 10.9 Å². The molecule has 22 heavy (non-hydrogen) atoms. The van der Waals surface area contributed by atoms with E-state index in [2.05, 4.69) is 15.2 Å². The quantitative estimate of drug-likeness (QED) is 0.450. The molecule has 8 heteroatoms. The molecule has 0 aliphatic heterocycles. The first-order valence-corrected chi connectivity index (χ1v) is 8.14. The van der Waals surface area contributed by atoms with Crippen LogP contribution < -0.4 is 0 Å². The van der Waals surface area contributed by atoms with Gasteiger partial charge in [0.25, 0.3) is 0 Å². The number of thioether (sulfide) groups is 1. The summed E-state index contributed by atoms with van der Waals surface area (Å²) in [5, 5.41) is 28.5. The van der Waals surface area contributed by atoms with Crippen molar-refractivity contribution in [3.8, 4) is 6.07 Å². The molecule has 0 radical (unpaired) electrons. The molecular weight excluding hydrogens is 318 g/mol. The summed E-state index contributed by atoms with van der Waals surface area (Å²) >= 11 is 2.71. The molecular formula is C14H11N5OS2. The maximum Gasteiger partial charge on any atom is 0.191 e. The summed E-state index contributed by atoms with van der Waals surface area (Å²) < 4.78 is 2.74. The molecule has 0 saturated carbocycles. The minimum Gasteiger partial charge on any atom is -0.510 e. The third-order valence-electron chi connectivity index (χ3n) is 2.92. The van der Waals surface area contributed by atoms with E-state index in [0.29, 0.717) is 10.2 Å². The number of hydrogen-bond donors (Lipinski definition) is 1. The van der Waals surface area contributed by atoms with Crippen molar-refractivity contribution in [2.75, 3.05) is 5.75 Å². The lowest BCUT2D eigenvalue weighted by Crippen LogP contribution is -1.95. The highest BCUT2D eigenvalue weighted by Crippen LogP contribution is 2.29.